The van der Waals surface area contributed by atoms with Crippen LogP contribution in [-0.4, -0.2) is 22.7 Å². The molecule has 1 aromatic carbocycles. The van der Waals surface area contributed by atoms with Gasteiger partial charge in [-0.15, -0.1) is 0 Å². The normalized spacial score (nSPS) is 30.3. The lowest BCUT2D eigenvalue weighted by Gasteiger charge is -2.18. The van der Waals surface area contributed by atoms with Gasteiger partial charge >= 0.3 is 0 Å². The highest BCUT2D eigenvalue weighted by Crippen LogP contribution is 2.49. The molecule has 1 heterocycles. The van der Waals surface area contributed by atoms with Gasteiger partial charge in [0.1, 0.15) is 0 Å². The van der Waals surface area contributed by atoms with E-state index in [0.717, 1.165) is 11.4 Å². The third-order valence-electron chi connectivity index (χ3n) is 4.62. The van der Waals surface area contributed by atoms with E-state index < -0.39 is 17.7 Å². The first-order valence-corrected chi connectivity index (χ1v) is 7.88. The van der Waals surface area contributed by atoms with E-state index in [1.54, 1.807) is 0 Å². The van der Waals surface area contributed by atoms with Crippen molar-refractivity contribution in [2.75, 3.05) is 0 Å². The molecule has 4 atom stereocenters. The van der Waals surface area contributed by atoms with Gasteiger partial charge in [-0.2, -0.15) is 5.01 Å². The largest absolute Gasteiger partial charge is 0.272 e. The Morgan fingerprint density at radius 2 is 1.74 bits per heavy atom. The summed E-state index contributed by atoms with van der Waals surface area (Å²) in [5.74, 6) is 3.57. The molecule has 2 bridgehead atoms. The highest BCUT2D eigenvalue weighted by molar-refractivity contribution is 6.36. The number of hydrazine groups is 1. The van der Waals surface area contributed by atoms with Crippen molar-refractivity contribution in [2.45, 2.75) is 6.42 Å². The maximum absolute atomic E-state index is 12.5. The lowest BCUT2D eigenvalue weighted by Crippen LogP contribution is -2.47. The predicted octanol–water partition coefficient (Wildman–Crippen LogP) is 1.89. The van der Waals surface area contributed by atoms with Crippen LogP contribution in [0.3, 0.4) is 0 Å². The first-order chi connectivity index (χ1) is 11.0. The minimum absolute atomic E-state index is 0.0810. The smallest absolute Gasteiger partial charge is 0.271 e. The molecule has 2 unspecified atom stereocenters. The molecule has 1 aliphatic heterocycles. The van der Waals surface area contributed by atoms with E-state index >= 15 is 0 Å². The zero-order valence-corrected chi connectivity index (χ0v) is 13.2. The predicted molar refractivity (Wildman–Crippen MR) is 82.1 cm³/mol. The molecular weight excluding hydrogens is 339 g/mol. The van der Waals surface area contributed by atoms with E-state index in [1.807, 2.05) is 0 Å². The minimum atomic E-state index is -0.624. The van der Waals surface area contributed by atoms with E-state index in [2.05, 4.69) is 17.3 Å². The Kier molecular flexibility index (Phi) is 3.15. The molecule has 23 heavy (non-hydrogen) atoms. The Balaban J connectivity index is 1.57. The second kappa shape index (κ2) is 4.98. The maximum atomic E-state index is 12.5. The number of nitrogens with zero attached hydrogens (tertiary/aromatic N) is 1. The molecule has 0 radical (unpaired) electrons. The summed E-state index contributed by atoms with van der Waals surface area (Å²) in [7, 11) is 0. The average molecular weight is 349 g/mol. The van der Waals surface area contributed by atoms with Crippen LogP contribution in [0.15, 0.2) is 18.2 Å². The quantitative estimate of drug-likeness (QED) is 0.655. The van der Waals surface area contributed by atoms with Gasteiger partial charge in [-0.1, -0.05) is 35.0 Å². The number of amides is 3. The van der Waals surface area contributed by atoms with Crippen molar-refractivity contribution in [1.82, 2.24) is 10.4 Å². The van der Waals surface area contributed by atoms with Crippen LogP contribution < -0.4 is 5.43 Å². The van der Waals surface area contributed by atoms with Crippen LogP contribution in [-0.2, 0) is 9.59 Å². The molecular formula is C16H10Cl2N2O3. The number of hydrogen-bond acceptors (Lipinski definition) is 3. The van der Waals surface area contributed by atoms with Crippen LogP contribution in [0.4, 0.5) is 0 Å². The topological polar surface area (TPSA) is 66.5 Å². The number of fused-ring (bicyclic) bond motifs is 5. The van der Waals surface area contributed by atoms with Gasteiger partial charge in [0.15, 0.2) is 0 Å². The Bertz CT molecular complexity index is 794. The van der Waals surface area contributed by atoms with Gasteiger partial charge in [-0.25, -0.2) is 0 Å². The summed E-state index contributed by atoms with van der Waals surface area (Å²) in [4.78, 5) is 37.2. The molecule has 3 amide bonds. The summed E-state index contributed by atoms with van der Waals surface area (Å²) in [6, 6.07) is 4.38. The van der Waals surface area contributed by atoms with Gasteiger partial charge in [-0.3, -0.25) is 19.8 Å². The Morgan fingerprint density at radius 3 is 2.30 bits per heavy atom. The third-order valence-corrected chi connectivity index (χ3v) is 5.16. The summed E-state index contributed by atoms with van der Waals surface area (Å²) < 4.78 is 0. The van der Waals surface area contributed by atoms with Crippen LogP contribution in [0.1, 0.15) is 16.8 Å². The van der Waals surface area contributed by atoms with Crippen molar-refractivity contribution in [1.29, 1.82) is 0 Å². The van der Waals surface area contributed by atoms with E-state index in [-0.39, 0.29) is 34.2 Å². The number of halogens is 2. The van der Waals surface area contributed by atoms with Crippen molar-refractivity contribution >= 4 is 40.9 Å². The van der Waals surface area contributed by atoms with Gasteiger partial charge in [-0.05, 0) is 24.6 Å². The summed E-state index contributed by atoms with van der Waals surface area (Å²) in [5.41, 5.74) is 2.51. The molecule has 0 aromatic heterocycles. The molecule has 1 aromatic rings. The van der Waals surface area contributed by atoms with Gasteiger partial charge in [0.05, 0.1) is 22.4 Å². The first-order valence-electron chi connectivity index (χ1n) is 7.12. The SMILES string of the molecule is O=C(NN1C(=O)[C@@H]2C3C#CC(C3)[C@@H]2C1=O)c1ccc(Cl)cc1Cl. The van der Waals surface area contributed by atoms with Crippen LogP contribution >= 0.6 is 23.2 Å². The molecule has 1 N–H and O–H groups in total. The molecule has 2 fully saturated rings. The first kappa shape index (κ1) is 14.6. The van der Waals surface area contributed by atoms with Crippen molar-refractivity contribution in [3.8, 4) is 11.8 Å². The fourth-order valence-electron chi connectivity index (χ4n) is 3.58. The zero-order valence-electron chi connectivity index (χ0n) is 11.7. The van der Waals surface area contributed by atoms with Crippen LogP contribution in [0.2, 0.25) is 10.0 Å². The molecule has 116 valence electrons. The number of hydrogen-bond donors (Lipinski definition) is 1. The highest BCUT2D eigenvalue weighted by Gasteiger charge is 2.60. The number of carbonyl (C=O) groups excluding carboxylic acids is 3. The molecule has 0 spiro atoms. The van der Waals surface area contributed by atoms with E-state index in [1.165, 1.54) is 18.2 Å². The van der Waals surface area contributed by atoms with Crippen molar-refractivity contribution in [3.63, 3.8) is 0 Å². The van der Waals surface area contributed by atoms with Crippen LogP contribution in [0.5, 0.6) is 0 Å². The maximum Gasteiger partial charge on any atom is 0.271 e. The number of benzene rings is 1. The fraction of sp³-hybridized carbons (Fsp3) is 0.312. The van der Waals surface area contributed by atoms with Crippen molar-refractivity contribution in [2.24, 2.45) is 23.7 Å². The molecule has 4 rings (SSSR count). The molecule has 5 nitrogen and oxygen atoms in total. The minimum Gasteiger partial charge on any atom is -0.272 e. The Labute approximate surface area is 141 Å². The average Bonchev–Trinajstić information content (AvgIpc) is 3.17. The number of carbonyl (C=O) groups is 3. The molecule has 7 heteroatoms. The van der Waals surface area contributed by atoms with Gasteiger partial charge in [0.25, 0.3) is 17.7 Å². The standard InChI is InChI=1S/C16H10Cl2N2O3/c17-9-3-4-10(11(18)6-9)14(21)19-20-15(22)12-7-1-2-8(5-7)13(12)16(20)23/h3-4,6-8,12-13H,5H2,(H,19,21)/t7?,8?,12-,13+. The molecule has 1 saturated heterocycles. The Hall–Kier alpha value is -2.03. The van der Waals surface area contributed by atoms with E-state index in [9.17, 15) is 14.4 Å². The lowest BCUT2D eigenvalue weighted by molar-refractivity contribution is -0.143. The van der Waals surface area contributed by atoms with Crippen LogP contribution in [0.25, 0.3) is 0 Å². The second-order valence-electron chi connectivity index (χ2n) is 5.87. The Morgan fingerprint density at radius 1 is 1.13 bits per heavy atom. The molecule has 3 aliphatic rings. The van der Waals surface area contributed by atoms with Gasteiger partial charge < -0.3 is 0 Å². The summed E-state index contributed by atoms with van der Waals surface area (Å²) in [5, 5.41) is 1.36. The number of imide groups is 1. The molecule has 1 saturated carbocycles. The zero-order chi connectivity index (χ0) is 16.3. The van der Waals surface area contributed by atoms with Crippen molar-refractivity contribution in [3.05, 3.63) is 33.8 Å². The second-order valence-corrected chi connectivity index (χ2v) is 6.71. The van der Waals surface area contributed by atoms with Crippen molar-refractivity contribution < 1.29 is 14.4 Å². The summed E-state index contributed by atoms with van der Waals surface area (Å²) in [6.45, 7) is 0. The monoisotopic (exact) mass is 348 g/mol. The van der Waals surface area contributed by atoms with Gasteiger partial charge in [0, 0.05) is 16.9 Å². The lowest BCUT2D eigenvalue weighted by atomic mass is 9.87. The van der Waals surface area contributed by atoms with Crippen LogP contribution in [0, 0.1) is 35.5 Å². The number of nitrogens with one attached hydrogen (secondary N) is 1. The molecule has 2 aliphatic carbocycles. The summed E-state index contributed by atoms with van der Waals surface area (Å²) in [6.07, 6.45) is 0.734. The fourth-order valence-corrected chi connectivity index (χ4v) is 4.08. The van der Waals surface area contributed by atoms with E-state index in [0.29, 0.717) is 5.02 Å². The third kappa shape index (κ3) is 2.06. The summed E-state index contributed by atoms with van der Waals surface area (Å²) >= 11 is 11.8. The van der Waals surface area contributed by atoms with E-state index in [4.69, 9.17) is 23.2 Å². The number of rotatable bonds is 2. The highest BCUT2D eigenvalue weighted by atomic mass is 35.5. The van der Waals surface area contributed by atoms with Gasteiger partial charge in [0.2, 0.25) is 0 Å².